The van der Waals surface area contributed by atoms with Crippen molar-refractivity contribution in [1.29, 1.82) is 0 Å². The van der Waals surface area contributed by atoms with Crippen LogP contribution in [-0.2, 0) is 16.8 Å². The van der Waals surface area contributed by atoms with Gasteiger partial charge in [0, 0.05) is 0 Å². The van der Waals surface area contributed by atoms with E-state index in [9.17, 15) is 0 Å². The van der Waals surface area contributed by atoms with Crippen molar-refractivity contribution in [3.05, 3.63) is 85.3 Å². The summed E-state index contributed by atoms with van der Waals surface area (Å²) < 4.78 is 1.63. The number of fused-ring (bicyclic) bond motifs is 2. The van der Waals surface area contributed by atoms with E-state index in [1.54, 1.807) is 25.2 Å². The molecule has 0 amide bonds. The van der Waals surface area contributed by atoms with Crippen molar-refractivity contribution in [2.24, 2.45) is 5.92 Å². The number of allylic oxidation sites excluding steroid dienone is 9. The summed E-state index contributed by atoms with van der Waals surface area (Å²) in [6, 6.07) is 8.93. The van der Waals surface area contributed by atoms with Crippen molar-refractivity contribution in [1.82, 2.24) is 0 Å². The Bertz CT molecular complexity index is 1020. The summed E-state index contributed by atoms with van der Waals surface area (Å²) in [5, 5.41) is 1.65. The van der Waals surface area contributed by atoms with Crippen LogP contribution in [0.2, 0.25) is 13.1 Å². The predicted octanol–water partition coefficient (Wildman–Crippen LogP) is 7.65. The molecule has 1 aromatic carbocycles. The van der Waals surface area contributed by atoms with Crippen LogP contribution in [0.1, 0.15) is 37.3 Å². The van der Waals surface area contributed by atoms with Crippen LogP contribution in [0.15, 0.2) is 74.2 Å². The molecular formula is C24H25Br2HfSi. The molecule has 1 aromatic rings. The van der Waals surface area contributed by atoms with Crippen molar-refractivity contribution in [2.45, 2.75) is 39.3 Å². The van der Waals surface area contributed by atoms with Gasteiger partial charge < -0.3 is 0 Å². The summed E-state index contributed by atoms with van der Waals surface area (Å²) in [6.07, 6.45) is 13.0. The van der Waals surface area contributed by atoms with Crippen LogP contribution >= 0.6 is 24.6 Å². The molecule has 0 N–H and O–H groups in total. The zero-order valence-electron chi connectivity index (χ0n) is 16.8. The first-order valence-corrected chi connectivity index (χ1v) is 29.9. The maximum atomic E-state index is 4.06. The third kappa shape index (κ3) is 3.46. The number of hydrogen-bond donors (Lipinski definition) is 0. The van der Waals surface area contributed by atoms with Gasteiger partial charge in [-0.3, -0.25) is 0 Å². The standard InChI is InChI=1S/C24H25Si.2BrH.Hf/c1-5-17-15-19-10-8-12-22(25(3)4)16(2)23(19)24(17)21-14-13-18-9-6-7-11-20(18)21;;;/h6-14,16,21H,5H2,1-4H3;2*1H;/q;;;+2/p-2. The van der Waals surface area contributed by atoms with Crippen LogP contribution in [0.25, 0.3) is 6.08 Å². The fourth-order valence-corrected chi connectivity index (χ4v) is 17.3. The van der Waals surface area contributed by atoms with Gasteiger partial charge in [-0.15, -0.1) is 0 Å². The van der Waals surface area contributed by atoms with Crippen molar-refractivity contribution in [3.63, 3.8) is 0 Å². The molecule has 0 radical (unpaired) electrons. The Balaban J connectivity index is 2.00. The zero-order valence-corrected chi connectivity index (χ0v) is 24.6. The van der Waals surface area contributed by atoms with Crippen LogP contribution in [0.5, 0.6) is 0 Å². The van der Waals surface area contributed by atoms with Gasteiger partial charge in [-0.05, 0) is 0 Å². The monoisotopic (exact) mass is 679 g/mol. The van der Waals surface area contributed by atoms with E-state index in [0.29, 0.717) is 11.8 Å². The fraction of sp³-hybridized carbons (Fsp3) is 0.292. The molecule has 3 aliphatic carbocycles. The first-order chi connectivity index (χ1) is 13.5. The summed E-state index contributed by atoms with van der Waals surface area (Å²) in [6.45, 7) is 9.64. The summed E-state index contributed by atoms with van der Waals surface area (Å²) in [4.78, 5) is 0. The Morgan fingerprint density at radius 3 is 2.50 bits per heavy atom. The molecule has 143 valence electrons. The van der Waals surface area contributed by atoms with Crippen LogP contribution < -0.4 is 0 Å². The van der Waals surface area contributed by atoms with Crippen LogP contribution in [0.3, 0.4) is 0 Å². The van der Waals surface area contributed by atoms with E-state index in [0.717, 1.165) is 6.42 Å². The molecule has 28 heavy (non-hydrogen) atoms. The molecule has 0 heterocycles. The van der Waals surface area contributed by atoms with E-state index in [1.807, 2.05) is 0 Å². The maximum absolute atomic E-state index is 4.06. The summed E-state index contributed by atoms with van der Waals surface area (Å²) in [5.74, 6) is 0.883. The Morgan fingerprint density at radius 1 is 1.07 bits per heavy atom. The minimum absolute atomic E-state index is 0.388. The second-order valence-corrected chi connectivity index (χ2v) is 35.8. The van der Waals surface area contributed by atoms with Crippen molar-refractivity contribution >= 4 is 44.2 Å². The molecule has 4 rings (SSSR count). The average Bonchev–Trinajstić information content (AvgIpc) is 3.17. The van der Waals surface area contributed by atoms with E-state index in [-0.39, 0.29) is 0 Å². The molecule has 0 saturated carbocycles. The zero-order chi connectivity index (χ0) is 20.0. The van der Waals surface area contributed by atoms with Crippen LogP contribution in [0, 0.1) is 5.92 Å². The van der Waals surface area contributed by atoms with Gasteiger partial charge in [0.15, 0.2) is 0 Å². The predicted molar refractivity (Wildman–Crippen MR) is 129 cm³/mol. The molecule has 0 spiro atoms. The molecule has 0 aliphatic heterocycles. The number of benzene rings is 1. The van der Waals surface area contributed by atoms with Gasteiger partial charge in [-0.25, -0.2) is 0 Å². The molecule has 3 aliphatic rings. The van der Waals surface area contributed by atoms with E-state index in [2.05, 4.69) is 106 Å². The van der Waals surface area contributed by atoms with E-state index in [4.69, 9.17) is 0 Å². The molecule has 0 saturated heterocycles. The second-order valence-electron chi connectivity index (χ2n) is 7.88. The normalized spacial score (nSPS) is 23.1. The third-order valence-corrected chi connectivity index (χ3v) is 17.8. The third-order valence-electron chi connectivity index (χ3n) is 6.14. The van der Waals surface area contributed by atoms with Crippen LogP contribution in [0.4, 0.5) is 0 Å². The Hall–Kier alpha value is -0.163. The van der Waals surface area contributed by atoms with E-state index < -0.39 is 25.2 Å². The molecule has 0 nitrogen and oxygen atoms in total. The van der Waals surface area contributed by atoms with Gasteiger partial charge in [-0.2, -0.15) is 0 Å². The van der Waals surface area contributed by atoms with Gasteiger partial charge in [0.05, 0.1) is 0 Å². The number of rotatable bonds is 3. The van der Waals surface area contributed by atoms with E-state index >= 15 is 0 Å². The van der Waals surface area contributed by atoms with Crippen molar-refractivity contribution < 1.29 is 16.8 Å². The average molecular weight is 680 g/mol. The van der Waals surface area contributed by atoms with Gasteiger partial charge in [0.25, 0.3) is 0 Å². The summed E-state index contributed by atoms with van der Waals surface area (Å²) >= 11 is 6.02. The van der Waals surface area contributed by atoms with Gasteiger partial charge in [0.1, 0.15) is 0 Å². The second kappa shape index (κ2) is 8.53. The summed E-state index contributed by atoms with van der Waals surface area (Å²) in [5.41, 5.74) is 9.17. The molecular weight excluding hydrogens is 655 g/mol. The first-order valence-electron chi connectivity index (χ1n) is 9.95. The molecule has 0 bridgehead atoms. The topological polar surface area (TPSA) is 0 Å². The quantitative estimate of drug-likeness (QED) is 0.288. The van der Waals surface area contributed by atoms with Crippen molar-refractivity contribution in [2.75, 3.05) is 0 Å². The molecule has 0 fully saturated rings. The first kappa shape index (κ1) is 21.1. The fourth-order valence-electron chi connectivity index (χ4n) is 4.97. The number of hydrogen-bond acceptors (Lipinski definition) is 0. The van der Waals surface area contributed by atoms with Gasteiger partial charge in [-0.1, -0.05) is 0 Å². The Labute approximate surface area is 190 Å². The van der Waals surface area contributed by atoms with Gasteiger partial charge >= 0.3 is 192 Å². The van der Waals surface area contributed by atoms with Gasteiger partial charge in [0.2, 0.25) is 0 Å². The molecule has 2 unspecified atom stereocenters. The molecule has 2 atom stereocenters. The van der Waals surface area contributed by atoms with Crippen molar-refractivity contribution in [3.8, 4) is 0 Å². The number of halogens is 2. The Kier molecular flexibility index (Phi) is 6.42. The molecule has 0 aromatic heterocycles. The SMILES string of the molecule is CCC1=[C]([Hf]([Br])[Br])C2=CC=CC(=[Si](C)C)C(C)C2=C1C1C=Cc2ccccc21. The summed E-state index contributed by atoms with van der Waals surface area (Å²) in [7, 11) is -0.492. The molecule has 4 heteroatoms. The van der Waals surface area contributed by atoms with Crippen LogP contribution in [-0.4, -0.2) is 13.6 Å². The Morgan fingerprint density at radius 2 is 1.82 bits per heavy atom. The minimum atomic E-state index is -2.11. The van der Waals surface area contributed by atoms with E-state index in [1.165, 1.54) is 16.7 Å².